The van der Waals surface area contributed by atoms with Crippen LogP contribution < -0.4 is 16.4 Å². The van der Waals surface area contributed by atoms with Gasteiger partial charge in [-0.15, -0.1) is 12.4 Å². The Kier molecular flexibility index (Phi) is 7.11. The summed E-state index contributed by atoms with van der Waals surface area (Å²) in [6.07, 6.45) is 4.71. The first-order valence-electron chi connectivity index (χ1n) is 6.91. The van der Waals surface area contributed by atoms with Crippen LogP contribution in [0, 0.1) is 5.92 Å². The van der Waals surface area contributed by atoms with Crippen LogP contribution in [0.4, 0.5) is 0 Å². The maximum atomic E-state index is 11.9. The van der Waals surface area contributed by atoms with Gasteiger partial charge in [-0.05, 0) is 50.4 Å². The number of hydrogen-bond donors (Lipinski definition) is 3. The van der Waals surface area contributed by atoms with Crippen molar-refractivity contribution in [3.63, 3.8) is 0 Å². The fraction of sp³-hybridized carbons (Fsp3) is 0.500. The summed E-state index contributed by atoms with van der Waals surface area (Å²) in [4.78, 5) is 26.7. The Morgan fingerprint density at radius 3 is 2.81 bits per heavy atom. The third-order valence-electron chi connectivity index (χ3n) is 3.52. The topological polar surface area (TPSA) is 97.1 Å². The second-order valence-electron chi connectivity index (χ2n) is 5.05. The molecule has 116 valence electrons. The molecule has 1 fully saturated rings. The van der Waals surface area contributed by atoms with Crippen LogP contribution >= 0.6 is 12.4 Å². The van der Waals surface area contributed by atoms with Gasteiger partial charge < -0.3 is 16.4 Å². The number of aromatic nitrogens is 1. The second kappa shape index (κ2) is 8.59. The van der Waals surface area contributed by atoms with E-state index in [9.17, 15) is 9.59 Å². The van der Waals surface area contributed by atoms with E-state index in [1.165, 1.54) is 31.2 Å². The first-order valence-corrected chi connectivity index (χ1v) is 6.91. The Labute approximate surface area is 130 Å². The van der Waals surface area contributed by atoms with Gasteiger partial charge in [0.2, 0.25) is 5.91 Å². The zero-order valence-corrected chi connectivity index (χ0v) is 12.6. The number of hydrogen-bond acceptors (Lipinski definition) is 4. The van der Waals surface area contributed by atoms with Gasteiger partial charge in [0.05, 0.1) is 5.56 Å². The average molecular weight is 313 g/mol. The summed E-state index contributed by atoms with van der Waals surface area (Å²) in [5.41, 5.74) is 5.72. The van der Waals surface area contributed by atoms with E-state index in [1.807, 2.05) is 0 Å². The number of piperidine rings is 1. The predicted molar refractivity (Wildman–Crippen MR) is 82.5 cm³/mol. The van der Waals surface area contributed by atoms with E-state index >= 15 is 0 Å². The Balaban J connectivity index is 0.00000220. The quantitative estimate of drug-likeness (QED) is 0.746. The number of carbonyl (C=O) groups is 2. The Morgan fingerprint density at radius 2 is 2.24 bits per heavy atom. The molecule has 1 aromatic rings. The number of rotatable bonds is 5. The first-order chi connectivity index (χ1) is 9.66. The van der Waals surface area contributed by atoms with Crippen molar-refractivity contribution in [3.8, 4) is 0 Å². The minimum atomic E-state index is -0.547. The van der Waals surface area contributed by atoms with Gasteiger partial charge in [-0.3, -0.25) is 14.6 Å². The summed E-state index contributed by atoms with van der Waals surface area (Å²) in [6, 6.07) is 3.02. The lowest BCUT2D eigenvalue weighted by molar-refractivity contribution is 0.0942. The highest BCUT2D eigenvalue weighted by Gasteiger charge is 2.13. The van der Waals surface area contributed by atoms with Gasteiger partial charge in [0, 0.05) is 12.7 Å². The fourth-order valence-corrected chi connectivity index (χ4v) is 2.32. The summed E-state index contributed by atoms with van der Waals surface area (Å²) in [7, 11) is 0. The van der Waals surface area contributed by atoms with Crippen molar-refractivity contribution in [2.75, 3.05) is 19.6 Å². The number of carbonyl (C=O) groups excluding carboxylic acids is 2. The monoisotopic (exact) mass is 312 g/mol. The Morgan fingerprint density at radius 1 is 1.43 bits per heavy atom. The highest BCUT2D eigenvalue weighted by molar-refractivity contribution is 5.95. The smallest absolute Gasteiger partial charge is 0.269 e. The van der Waals surface area contributed by atoms with E-state index in [2.05, 4.69) is 15.6 Å². The summed E-state index contributed by atoms with van der Waals surface area (Å²) in [6.45, 7) is 2.77. The molecule has 4 N–H and O–H groups in total. The lowest BCUT2D eigenvalue weighted by Gasteiger charge is -2.22. The normalized spacial score (nSPS) is 17.6. The van der Waals surface area contributed by atoms with Gasteiger partial charge in [-0.25, -0.2) is 0 Å². The van der Waals surface area contributed by atoms with Crippen LogP contribution in [0.25, 0.3) is 0 Å². The molecule has 1 aliphatic rings. The van der Waals surface area contributed by atoms with E-state index in [-0.39, 0.29) is 18.3 Å². The highest BCUT2D eigenvalue weighted by Crippen LogP contribution is 2.12. The van der Waals surface area contributed by atoms with Crippen molar-refractivity contribution in [1.29, 1.82) is 0 Å². The Hall–Kier alpha value is -1.66. The van der Waals surface area contributed by atoms with Crippen molar-refractivity contribution in [3.05, 3.63) is 29.6 Å². The summed E-state index contributed by atoms with van der Waals surface area (Å²) >= 11 is 0. The van der Waals surface area contributed by atoms with Crippen molar-refractivity contribution < 1.29 is 9.59 Å². The number of nitrogens with zero attached hydrogens (tertiary/aromatic N) is 1. The van der Waals surface area contributed by atoms with Gasteiger partial charge in [0.1, 0.15) is 5.69 Å². The number of primary amides is 1. The van der Waals surface area contributed by atoms with E-state index < -0.39 is 5.91 Å². The number of pyridine rings is 1. The van der Waals surface area contributed by atoms with Gasteiger partial charge in [-0.1, -0.05) is 0 Å². The van der Waals surface area contributed by atoms with Crippen LogP contribution in [0.1, 0.15) is 40.1 Å². The molecule has 0 bridgehead atoms. The maximum absolute atomic E-state index is 11.9. The molecule has 1 atom stereocenters. The Bertz CT molecular complexity index is 472. The SMILES string of the molecule is Cl.NC(=O)c1ccc(C(=O)NCCC2CCCNC2)nc1. The van der Waals surface area contributed by atoms with Gasteiger partial charge in [0.25, 0.3) is 5.91 Å². The third-order valence-corrected chi connectivity index (χ3v) is 3.52. The van der Waals surface area contributed by atoms with Crippen LogP contribution in [0.15, 0.2) is 18.3 Å². The summed E-state index contributed by atoms with van der Waals surface area (Å²) in [5.74, 6) is -0.131. The van der Waals surface area contributed by atoms with Gasteiger partial charge in [-0.2, -0.15) is 0 Å². The lowest BCUT2D eigenvalue weighted by atomic mass is 9.96. The van der Waals surface area contributed by atoms with Crippen molar-refractivity contribution in [2.45, 2.75) is 19.3 Å². The molecule has 2 amide bonds. The zero-order valence-electron chi connectivity index (χ0n) is 11.8. The molecule has 1 saturated heterocycles. The van der Waals surface area contributed by atoms with E-state index in [0.717, 1.165) is 19.5 Å². The van der Waals surface area contributed by atoms with Crippen molar-refractivity contribution in [2.24, 2.45) is 11.7 Å². The summed E-state index contributed by atoms with van der Waals surface area (Å²) < 4.78 is 0. The molecular formula is C14H21ClN4O2. The number of nitrogens with two attached hydrogens (primary N) is 1. The average Bonchev–Trinajstić information content (AvgIpc) is 2.48. The minimum Gasteiger partial charge on any atom is -0.366 e. The fourth-order valence-electron chi connectivity index (χ4n) is 2.32. The van der Waals surface area contributed by atoms with Crippen LogP contribution in [0.5, 0.6) is 0 Å². The standard InChI is InChI=1S/C14H20N4O2.ClH/c15-13(19)11-3-4-12(18-9-11)14(20)17-7-5-10-2-1-6-16-8-10;/h3-4,9-10,16H,1-2,5-8H2,(H2,15,19)(H,17,20);1H. The number of halogens is 1. The van der Waals surface area contributed by atoms with Crippen molar-refractivity contribution >= 4 is 24.2 Å². The minimum absolute atomic E-state index is 0. The van der Waals surface area contributed by atoms with E-state index in [4.69, 9.17) is 5.73 Å². The molecule has 7 heteroatoms. The van der Waals surface area contributed by atoms with Crippen LogP contribution in [0.3, 0.4) is 0 Å². The van der Waals surface area contributed by atoms with E-state index in [0.29, 0.717) is 23.7 Å². The van der Waals surface area contributed by atoms with Crippen LogP contribution in [-0.4, -0.2) is 36.4 Å². The van der Waals surface area contributed by atoms with Crippen LogP contribution in [-0.2, 0) is 0 Å². The molecule has 0 radical (unpaired) electrons. The third kappa shape index (κ3) is 5.32. The van der Waals surface area contributed by atoms with E-state index in [1.54, 1.807) is 0 Å². The molecule has 1 unspecified atom stereocenters. The maximum Gasteiger partial charge on any atom is 0.269 e. The first kappa shape index (κ1) is 17.4. The molecule has 1 aromatic heterocycles. The summed E-state index contributed by atoms with van der Waals surface area (Å²) in [5, 5.41) is 6.20. The molecule has 0 spiro atoms. The predicted octanol–water partition coefficient (Wildman–Crippen LogP) is 0.722. The number of nitrogens with one attached hydrogen (secondary N) is 2. The zero-order chi connectivity index (χ0) is 14.4. The molecule has 6 nitrogen and oxygen atoms in total. The van der Waals surface area contributed by atoms with Gasteiger partial charge >= 0.3 is 0 Å². The molecule has 1 aliphatic heterocycles. The number of amides is 2. The molecule has 2 rings (SSSR count). The molecular weight excluding hydrogens is 292 g/mol. The molecule has 21 heavy (non-hydrogen) atoms. The molecule has 2 heterocycles. The van der Waals surface area contributed by atoms with Crippen LogP contribution in [0.2, 0.25) is 0 Å². The molecule has 0 saturated carbocycles. The van der Waals surface area contributed by atoms with Gasteiger partial charge in [0.15, 0.2) is 0 Å². The second-order valence-corrected chi connectivity index (χ2v) is 5.05. The molecule has 0 aromatic carbocycles. The highest BCUT2D eigenvalue weighted by atomic mass is 35.5. The lowest BCUT2D eigenvalue weighted by Crippen LogP contribution is -2.33. The van der Waals surface area contributed by atoms with Crippen molar-refractivity contribution in [1.82, 2.24) is 15.6 Å². The molecule has 0 aliphatic carbocycles. The largest absolute Gasteiger partial charge is 0.366 e.